The molecule has 0 aliphatic rings. The first kappa shape index (κ1) is 9.84. The van der Waals surface area contributed by atoms with Gasteiger partial charge in [0.1, 0.15) is 0 Å². The smallest absolute Gasteiger partial charge is 0.0617 e. The number of rotatable bonds is 6. The third-order valence-corrected chi connectivity index (χ3v) is 1.06. The molecule has 0 radical (unpaired) electrons. The van der Waals surface area contributed by atoms with Gasteiger partial charge in [0.25, 0.3) is 0 Å². The van der Waals surface area contributed by atoms with Crippen LogP contribution in [0.3, 0.4) is 0 Å². The molecule has 4 nitrogen and oxygen atoms in total. The van der Waals surface area contributed by atoms with Crippen molar-refractivity contribution in [1.29, 1.82) is 0 Å². The quantitative estimate of drug-likeness (QED) is 0.395. The second-order valence-electron chi connectivity index (χ2n) is 2.10. The highest BCUT2D eigenvalue weighted by Crippen LogP contribution is 1.76. The fourth-order valence-corrected chi connectivity index (χ4v) is 0.473. The predicted octanol–water partition coefficient (Wildman–Crippen LogP) is -0.457. The van der Waals surface area contributed by atoms with Crippen LogP contribution < -0.4 is 5.32 Å². The van der Waals surface area contributed by atoms with E-state index in [0.29, 0.717) is 19.8 Å². The van der Waals surface area contributed by atoms with Crippen molar-refractivity contribution in [3.63, 3.8) is 0 Å². The average Bonchev–Trinajstić information content (AvgIpc) is 1.87. The highest BCUT2D eigenvalue weighted by Gasteiger charge is 1.90. The van der Waals surface area contributed by atoms with Crippen molar-refractivity contribution in [2.24, 2.45) is 0 Å². The second-order valence-corrected chi connectivity index (χ2v) is 2.10. The molecular weight excluding hydrogens is 132 g/mol. The van der Waals surface area contributed by atoms with Crippen molar-refractivity contribution >= 4 is 0 Å². The van der Waals surface area contributed by atoms with Gasteiger partial charge in [0, 0.05) is 20.1 Å². The maximum absolute atomic E-state index is 8.65. The van der Waals surface area contributed by atoms with Crippen LogP contribution in [0.4, 0.5) is 0 Å². The molecule has 0 bridgehead atoms. The molecule has 0 aromatic carbocycles. The van der Waals surface area contributed by atoms with Crippen LogP contribution in [-0.4, -0.2) is 50.7 Å². The number of nitrogens with one attached hydrogen (secondary N) is 1. The molecule has 0 aliphatic heterocycles. The molecule has 0 aromatic heterocycles. The van der Waals surface area contributed by atoms with E-state index in [1.165, 1.54) is 0 Å². The second kappa shape index (κ2) is 6.95. The zero-order chi connectivity index (χ0) is 7.82. The monoisotopic (exact) mass is 148 g/mol. The lowest BCUT2D eigenvalue weighted by atomic mass is 10.6. The highest BCUT2D eigenvalue weighted by molar-refractivity contribution is 4.38. The zero-order valence-corrected chi connectivity index (χ0v) is 6.63. The highest BCUT2D eigenvalue weighted by atomic mass is 16.5. The van der Waals surface area contributed by atoms with E-state index >= 15 is 0 Å². The van der Waals surface area contributed by atoms with Gasteiger partial charge in [0.2, 0.25) is 0 Å². The Labute approximate surface area is 61.7 Å². The minimum absolute atomic E-state index is 0.559. The van der Waals surface area contributed by atoms with Gasteiger partial charge in [-0.3, -0.25) is 0 Å². The fourth-order valence-electron chi connectivity index (χ4n) is 0.473. The van der Waals surface area contributed by atoms with Crippen molar-refractivity contribution in [3.05, 3.63) is 0 Å². The lowest BCUT2D eigenvalue weighted by molar-refractivity contribution is -0.0800. The molecule has 0 atom stereocenters. The van der Waals surface area contributed by atoms with Crippen LogP contribution in [0, 0.1) is 0 Å². The number of ether oxygens (including phenoxy) is 1. The van der Waals surface area contributed by atoms with E-state index in [1.54, 1.807) is 7.05 Å². The Bertz CT molecular complexity index is 68.8. The molecule has 0 unspecified atom stereocenters. The Kier molecular flexibility index (Phi) is 6.84. The summed E-state index contributed by atoms with van der Waals surface area (Å²) in [7, 11) is 3.48. The summed E-state index contributed by atoms with van der Waals surface area (Å²) in [6.07, 6.45) is 0. The van der Waals surface area contributed by atoms with Crippen LogP contribution in [0.5, 0.6) is 0 Å². The number of nitrogens with zero attached hydrogens (tertiary/aromatic N) is 1. The Morgan fingerprint density at radius 3 is 2.70 bits per heavy atom. The molecule has 0 fully saturated rings. The summed E-state index contributed by atoms with van der Waals surface area (Å²) in [4.78, 5) is 0. The predicted molar refractivity (Wildman–Crippen MR) is 39.2 cm³/mol. The van der Waals surface area contributed by atoms with Gasteiger partial charge >= 0.3 is 0 Å². The number of hydroxylamine groups is 2. The van der Waals surface area contributed by atoms with Gasteiger partial charge < -0.3 is 15.3 Å². The van der Waals surface area contributed by atoms with E-state index in [1.807, 2.05) is 7.05 Å². The molecule has 2 N–H and O–H groups in total. The summed E-state index contributed by atoms with van der Waals surface area (Å²) in [6, 6.07) is 0. The topological polar surface area (TPSA) is 44.7 Å². The van der Waals surface area contributed by atoms with Crippen LogP contribution in [0.2, 0.25) is 0 Å². The van der Waals surface area contributed by atoms with Gasteiger partial charge in [-0.05, 0) is 7.05 Å². The van der Waals surface area contributed by atoms with Crippen LogP contribution in [0.25, 0.3) is 0 Å². The summed E-state index contributed by atoms with van der Waals surface area (Å²) in [5, 5.41) is 12.7. The number of hydrogen-bond acceptors (Lipinski definition) is 4. The van der Waals surface area contributed by atoms with Crippen LogP contribution in [0.1, 0.15) is 0 Å². The van der Waals surface area contributed by atoms with Gasteiger partial charge in [-0.15, -0.1) is 0 Å². The maximum Gasteiger partial charge on any atom is 0.0617 e. The molecule has 0 rings (SSSR count). The molecular formula is C6H16N2O2. The maximum atomic E-state index is 8.65. The van der Waals surface area contributed by atoms with Crippen LogP contribution in [0.15, 0.2) is 0 Å². The van der Waals surface area contributed by atoms with E-state index in [4.69, 9.17) is 9.94 Å². The first-order chi connectivity index (χ1) is 4.77. The Balaban J connectivity index is 2.77. The van der Waals surface area contributed by atoms with E-state index < -0.39 is 0 Å². The molecule has 10 heavy (non-hydrogen) atoms. The zero-order valence-electron chi connectivity index (χ0n) is 6.63. The molecule has 0 aromatic rings. The first-order valence-corrected chi connectivity index (χ1v) is 3.39. The Morgan fingerprint density at radius 1 is 1.50 bits per heavy atom. The SMILES string of the molecule is CNCCOCCN(C)O. The lowest BCUT2D eigenvalue weighted by Gasteiger charge is -2.07. The molecule has 0 saturated carbocycles. The Hall–Kier alpha value is -0.160. The summed E-state index contributed by atoms with van der Waals surface area (Å²) in [5.74, 6) is 0. The van der Waals surface area contributed by atoms with Gasteiger partial charge in [0.15, 0.2) is 0 Å². The third-order valence-electron chi connectivity index (χ3n) is 1.06. The van der Waals surface area contributed by atoms with Gasteiger partial charge in [-0.25, -0.2) is 0 Å². The van der Waals surface area contributed by atoms with Crippen molar-refractivity contribution in [2.75, 3.05) is 40.4 Å². The van der Waals surface area contributed by atoms with E-state index in [-0.39, 0.29) is 0 Å². The van der Waals surface area contributed by atoms with Crippen molar-refractivity contribution in [3.8, 4) is 0 Å². The summed E-state index contributed by atoms with van der Waals surface area (Å²) in [5.41, 5.74) is 0. The van der Waals surface area contributed by atoms with Crippen LogP contribution in [-0.2, 0) is 4.74 Å². The summed E-state index contributed by atoms with van der Waals surface area (Å²) < 4.78 is 5.12. The lowest BCUT2D eigenvalue weighted by Crippen LogP contribution is -2.21. The molecule has 0 spiro atoms. The molecule has 0 saturated heterocycles. The van der Waals surface area contributed by atoms with Gasteiger partial charge in [-0.1, -0.05) is 0 Å². The van der Waals surface area contributed by atoms with Gasteiger partial charge in [-0.2, -0.15) is 5.06 Å². The fraction of sp³-hybridized carbons (Fsp3) is 1.00. The standard InChI is InChI=1S/C6H16N2O2/c1-7-3-5-10-6-4-8(2)9/h7,9H,3-6H2,1-2H3. The largest absolute Gasteiger partial charge is 0.379 e. The minimum atomic E-state index is 0.559. The van der Waals surface area contributed by atoms with Crippen molar-refractivity contribution in [2.45, 2.75) is 0 Å². The molecule has 0 amide bonds. The minimum Gasteiger partial charge on any atom is -0.379 e. The first-order valence-electron chi connectivity index (χ1n) is 3.39. The number of likely N-dealkylation sites (N-methyl/N-ethyl adjacent to an activating group) is 2. The van der Waals surface area contributed by atoms with Crippen molar-refractivity contribution < 1.29 is 9.94 Å². The van der Waals surface area contributed by atoms with E-state index in [2.05, 4.69) is 5.32 Å². The summed E-state index contributed by atoms with van der Waals surface area (Å²) in [6.45, 7) is 2.69. The molecule has 0 aliphatic carbocycles. The van der Waals surface area contributed by atoms with Crippen LogP contribution >= 0.6 is 0 Å². The summed E-state index contributed by atoms with van der Waals surface area (Å²) >= 11 is 0. The Morgan fingerprint density at radius 2 is 2.20 bits per heavy atom. The van der Waals surface area contributed by atoms with E-state index in [9.17, 15) is 0 Å². The van der Waals surface area contributed by atoms with Crippen molar-refractivity contribution in [1.82, 2.24) is 10.4 Å². The molecule has 0 heterocycles. The molecule has 4 heteroatoms. The van der Waals surface area contributed by atoms with Gasteiger partial charge in [0.05, 0.1) is 13.2 Å². The normalized spacial score (nSPS) is 10.8. The van der Waals surface area contributed by atoms with E-state index in [0.717, 1.165) is 11.6 Å². The average molecular weight is 148 g/mol. The molecule has 62 valence electrons. The third kappa shape index (κ3) is 7.84. The number of hydrogen-bond donors (Lipinski definition) is 2.